The Morgan fingerprint density at radius 1 is 1.38 bits per heavy atom. The smallest absolute Gasteiger partial charge is 0.0906 e. The summed E-state index contributed by atoms with van der Waals surface area (Å²) >= 11 is 5.68. The second-order valence-corrected chi connectivity index (χ2v) is 3.76. The molecule has 0 aromatic rings. The average molecular weight is 210 g/mol. The van der Waals surface area contributed by atoms with E-state index in [1.54, 1.807) is 0 Å². The quantitative estimate of drug-likeness (QED) is 0.455. The van der Waals surface area contributed by atoms with Crippen LogP contribution in [0, 0.1) is 5.92 Å². The fourth-order valence-corrected chi connectivity index (χ4v) is 1.72. The highest BCUT2D eigenvalue weighted by Gasteiger charge is 2.05. The first-order chi connectivity index (χ1) is 6.35. The lowest BCUT2D eigenvalue weighted by atomic mass is 10.0. The van der Waals surface area contributed by atoms with Crippen molar-refractivity contribution in [2.75, 3.05) is 25.6 Å². The van der Waals surface area contributed by atoms with E-state index in [-0.39, 0.29) is 6.67 Å². The molecule has 0 heterocycles. The van der Waals surface area contributed by atoms with Crippen LogP contribution in [0.2, 0.25) is 0 Å². The molecule has 13 heavy (non-hydrogen) atoms. The molecule has 0 aromatic heterocycles. The summed E-state index contributed by atoms with van der Waals surface area (Å²) in [5.74, 6) is 1.40. The molecule has 0 bridgehead atoms. The van der Waals surface area contributed by atoms with Crippen LogP contribution >= 0.6 is 11.6 Å². The third-order valence-corrected chi connectivity index (χ3v) is 2.35. The van der Waals surface area contributed by atoms with Crippen molar-refractivity contribution in [3.05, 3.63) is 0 Å². The van der Waals surface area contributed by atoms with Gasteiger partial charge < -0.3 is 5.32 Å². The van der Waals surface area contributed by atoms with E-state index in [1.165, 1.54) is 12.8 Å². The molecule has 0 saturated heterocycles. The predicted octanol–water partition coefficient (Wildman–Crippen LogP) is 2.98. The summed E-state index contributed by atoms with van der Waals surface area (Å²) in [5.41, 5.74) is 0. The van der Waals surface area contributed by atoms with Crippen molar-refractivity contribution in [2.24, 2.45) is 5.92 Å². The van der Waals surface area contributed by atoms with Gasteiger partial charge in [-0.05, 0) is 38.3 Å². The first-order valence-electron chi connectivity index (χ1n) is 5.17. The second-order valence-electron chi connectivity index (χ2n) is 3.38. The monoisotopic (exact) mass is 209 g/mol. The molecule has 1 nitrogen and oxygen atoms in total. The van der Waals surface area contributed by atoms with E-state index >= 15 is 0 Å². The zero-order valence-electron chi connectivity index (χ0n) is 8.49. The van der Waals surface area contributed by atoms with Crippen LogP contribution in [0.5, 0.6) is 0 Å². The maximum absolute atomic E-state index is 11.8. The third kappa shape index (κ3) is 8.51. The Hall–Kier alpha value is 0.180. The van der Waals surface area contributed by atoms with E-state index < -0.39 is 0 Å². The summed E-state index contributed by atoms with van der Waals surface area (Å²) in [6, 6.07) is 0. The van der Waals surface area contributed by atoms with Gasteiger partial charge in [-0.2, -0.15) is 0 Å². The normalized spacial score (nSPS) is 13.2. The molecule has 1 N–H and O–H groups in total. The summed E-state index contributed by atoms with van der Waals surface area (Å²) in [5, 5.41) is 3.26. The Kier molecular flexibility index (Phi) is 10.4. The van der Waals surface area contributed by atoms with Gasteiger partial charge in [-0.3, -0.25) is 4.39 Å². The van der Waals surface area contributed by atoms with Gasteiger partial charge in [0.05, 0.1) is 6.67 Å². The van der Waals surface area contributed by atoms with Crippen molar-refractivity contribution < 1.29 is 4.39 Å². The second kappa shape index (κ2) is 10.3. The van der Waals surface area contributed by atoms with Gasteiger partial charge in [0, 0.05) is 5.88 Å². The summed E-state index contributed by atoms with van der Waals surface area (Å²) in [6.07, 6.45) is 4.11. The molecular formula is C10H21ClFN. The van der Waals surface area contributed by atoms with Gasteiger partial charge in [0.1, 0.15) is 0 Å². The molecule has 0 fully saturated rings. The van der Waals surface area contributed by atoms with Gasteiger partial charge in [-0.1, -0.05) is 13.3 Å². The molecule has 0 aromatic carbocycles. The van der Waals surface area contributed by atoms with Crippen LogP contribution in [0.15, 0.2) is 0 Å². The van der Waals surface area contributed by atoms with Gasteiger partial charge >= 0.3 is 0 Å². The number of hydrogen-bond donors (Lipinski definition) is 1. The number of rotatable bonds is 9. The lowest BCUT2D eigenvalue weighted by molar-refractivity contribution is 0.410. The van der Waals surface area contributed by atoms with Crippen LogP contribution in [0.3, 0.4) is 0 Å². The maximum Gasteiger partial charge on any atom is 0.0906 e. The van der Waals surface area contributed by atoms with E-state index in [2.05, 4.69) is 12.2 Å². The maximum atomic E-state index is 11.8. The minimum atomic E-state index is -0.221. The number of nitrogens with one attached hydrogen (secondary N) is 1. The number of halogens is 2. The SMILES string of the molecule is CCCC(CCCl)CNCCCF. The summed E-state index contributed by atoms with van der Waals surface area (Å²) in [4.78, 5) is 0. The molecule has 1 unspecified atom stereocenters. The van der Waals surface area contributed by atoms with E-state index in [0.717, 1.165) is 25.4 Å². The van der Waals surface area contributed by atoms with Crippen molar-refractivity contribution in [2.45, 2.75) is 32.6 Å². The summed E-state index contributed by atoms with van der Waals surface area (Å²) in [7, 11) is 0. The van der Waals surface area contributed by atoms with Crippen LogP contribution in [0.4, 0.5) is 4.39 Å². The highest BCUT2D eigenvalue weighted by Crippen LogP contribution is 2.10. The van der Waals surface area contributed by atoms with Gasteiger partial charge in [0.25, 0.3) is 0 Å². The minimum absolute atomic E-state index is 0.221. The number of alkyl halides is 2. The van der Waals surface area contributed by atoms with Gasteiger partial charge in [-0.15, -0.1) is 11.6 Å². The molecule has 3 heteroatoms. The van der Waals surface area contributed by atoms with E-state index in [4.69, 9.17) is 11.6 Å². The summed E-state index contributed by atoms with van der Waals surface area (Å²) in [6.45, 7) is 3.74. The van der Waals surface area contributed by atoms with Crippen molar-refractivity contribution >= 4 is 11.6 Å². The van der Waals surface area contributed by atoms with Crippen LogP contribution in [-0.4, -0.2) is 25.6 Å². The topological polar surface area (TPSA) is 12.0 Å². The lowest BCUT2D eigenvalue weighted by Gasteiger charge is -2.14. The van der Waals surface area contributed by atoms with Gasteiger partial charge in [0.2, 0.25) is 0 Å². The Balaban J connectivity index is 3.33. The first-order valence-corrected chi connectivity index (χ1v) is 5.71. The zero-order valence-corrected chi connectivity index (χ0v) is 9.25. The molecule has 0 saturated carbocycles. The average Bonchev–Trinajstić information content (AvgIpc) is 2.13. The molecule has 0 amide bonds. The van der Waals surface area contributed by atoms with Crippen molar-refractivity contribution in [1.82, 2.24) is 5.32 Å². The molecule has 0 spiro atoms. The predicted molar refractivity (Wildman–Crippen MR) is 57.2 cm³/mol. The zero-order chi connectivity index (χ0) is 9.94. The molecule has 0 aliphatic carbocycles. The molecule has 80 valence electrons. The standard InChI is InChI=1S/C10H21ClFN/c1-2-4-10(5-6-11)9-13-8-3-7-12/h10,13H,2-9H2,1H3. The largest absolute Gasteiger partial charge is 0.316 e. The molecule has 1 atom stereocenters. The lowest BCUT2D eigenvalue weighted by Crippen LogP contribution is -2.24. The van der Waals surface area contributed by atoms with Gasteiger partial charge in [-0.25, -0.2) is 0 Å². The van der Waals surface area contributed by atoms with E-state index in [1.807, 2.05) is 0 Å². The van der Waals surface area contributed by atoms with Gasteiger partial charge in [0.15, 0.2) is 0 Å². The molecule has 0 radical (unpaired) electrons. The first kappa shape index (κ1) is 13.2. The third-order valence-electron chi connectivity index (χ3n) is 2.13. The van der Waals surface area contributed by atoms with Crippen LogP contribution < -0.4 is 5.32 Å². The summed E-state index contributed by atoms with van der Waals surface area (Å²) < 4.78 is 11.8. The van der Waals surface area contributed by atoms with Crippen LogP contribution in [0.25, 0.3) is 0 Å². The molecular weight excluding hydrogens is 189 g/mol. The van der Waals surface area contributed by atoms with E-state index in [0.29, 0.717) is 12.3 Å². The molecule has 0 aliphatic heterocycles. The van der Waals surface area contributed by atoms with Crippen LogP contribution in [0.1, 0.15) is 32.6 Å². The Bertz CT molecular complexity index is 94.9. The number of hydrogen-bond acceptors (Lipinski definition) is 1. The Morgan fingerprint density at radius 3 is 2.69 bits per heavy atom. The Labute approximate surface area is 86.0 Å². The van der Waals surface area contributed by atoms with Crippen molar-refractivity contribution in [3.63, 3.8) is 0 Å². The fraction of sp³-hybridized carbons (Fsp3) is 1.00. The molecule has 0 aliphatic rings. The minimum Gasteiger partial charge on any atom is -0.316 e. The van der Waals surface area contributed by atoms with Crippen molar-refractivity contribution in [3.8, 4) is 0 Å². The highest BCUT2D eigenvalue weighted by atomic mass is 35.5. The van der Waals surface area contributed by atoms with Crippen molar-refractivity contribution in [1.29, 1.82) is 0 Å². The fourth-order valence-electron chi connectivity index (χ4n) is 1.41. The molecule has 0 rings (SSSR count). The van der Waals surface area contributed by atoms with Crippen LogP contribution in [-0.2, 0) is 0 Å². The highest BCUT2D eigenvalue weighted by molar-refractivity contribution is 6.17. The van der Waals surface area contributed by atoms with E-state index in [9.17, 15) is 4.39 Å². The Morgan fingerprint density at radius 2 is 2.15 bits per heavy atom.